The SMILES string of the molecule is CCCCCCc1ccc(C(F)(F)Oc2cc(F)c(F)c(F)c2)cc1. The second-order valence-corrected chi connectivity index (χ2v) is 5.83. The van der Waals surface area contributed by atoms with E-state index in [1.165, 1.54) is 12.1 Å². The smallest absolute Gasteiger partial charge is 0.426 e. The molecule has 0 aromatic heterocycles. The standard InChI is InChI=1S/C19H19F5O/c1-2-3-4-5-6-13-7-9-14(10-8-13)19(23,24)25-15-11-16(20)18(22)17(21)12-15/h7-12H,2-6H2,1H3. The molecular formula is C19H19F5O. The Labute approximate surface area is 143 Å². The second-order valence-electron chi connectivity index (χ2n) is 5.83. The van der Waals surface area contributed by atoms with Gasteiger partial charge in [0.15, 0.2) is 17.5 Å². The van der Waals surface area contributed by atoms with Crippen LogP contribution < -0.4 is 4.74 Å². The van der Waals surface area contributed by atoms with Crippen LogP contribution in [-0.4, -0.2) is 0 Å². The van der Waals surface area contributed by atoms with Gasteiger partial charge in [-0.3, -0.25) is 0 Å². The molecule has 2 rings (SSSR count). The lowest BCUT2D eigenvalue weighted by Crippen LogP contribution is -2.22. The molecule has 0 atom stereocenters. The molecular weight excluding hydrogens is 339 g/mol. The van der Waals surface area contributed by atoms with Gasteiger partial charge in [0.05, 0.1) is 5.56 Å². The average molecular weight is 358 g/mol. The van der Waals surface area contributed by atoms with Crippen LogP contribution in [0, 0.1) is 17.5 Å². The summed E-state index contributed by atoms with van der Waals surface area (Å²) in [4.78, 5) is 0. The molecule has 0 aliphatic carbocycles. The highest BCUT2D eigenvalue weighted by Crippen LogP contribution is 2.33. The fourth-order valence-corrected chi connectivity index (χ4v) is 2.42. The Morgan fingerprint density at radius 3 is 2.04 bits per heavy atom. The van der Waals surface area contributed by atoms with Crippen molar-refractivity contribution in [2.24, 2.45) is 0 Å². The Morgan fingerprint density at radius 1 is 0.880 bits per heavy atom. The number of halogens is 5. The molecule has 0 fully saturated rings. The van der Waals surface area contributed by atoms with Crippen molar-refractivity contribution < 1.29 is 26.7 Å². The zero-order valence-corrected chi connectivity index (χ0v) is 13.8. The largest absolute Gasteiger partial charge is 0.429 e. The van der Waals surface area contributed by atoms with Gasteiger partial charge in [-0.2, -0.15) is 8.78 Å². The van der Waals surface area contributed by atoms with Gasteiger partial charge >= 0.3 is 6.11 Å². The predicted octanol–water partition coefficient (Wildman–Crippen LogP) is 6.36. The van der Waals surface area contributed by atoms with Gasteiger partial charge in [-0.15, -0.1) is 0 Å². The van der Waals surface area contributed by atoms with Crippen molar-refractivity contribution in [3.05, 3.63) is 65.0 Å². The molecule has 0 bridgehead atoms. The zero-order valence-electron chi connectivity index (χ0n) is 13.8. The number of unbranched alkanes of at least 4 members (excludes halogenated alkanes) is 3. The van der Waals surface area contributed by atoms with Crippen molar-refractivity contribution in [3.63, 3.8) is 0 Å². The molecule has 0 N–H and O–H groups in total. The Hall–Kier alpha value is -2.11. The minimum atomic E-state index is -3.79. The van der Waals surface area contributed by atoms with Crippen molar-refractivity contribution in [3.8, 4) is 5.75 Å². The monoisotopic (exact) mass is 358 g/mol. The van der Waals surface area contributed by atoms with Gasteiger partial charge in [-0.05, 0) is 30.5 Å². The fraction of sp³-hybridized carbons (Fsp3) is 0.368. The fourth-order valence-electron chi connectivity index (χ4n) is 2.42. The summed E-state index contributed by atoms with van der Waals surface area (Å²) in [6, 6.07) is 6.34. The Bertz CT molecular complexity index is 674. The van der Waals surface area contributed by atoms with Crippen molar-refractivity contribution in [1.29, 1.82) is 0 Å². The molecule has 6 heteroatoms. The van der Waals surface area contributed by atoms with E-state index in [9.17, 15) is 22.0 Å². The van der Waals surface area contributed by atoms with Gasteiger partial charge in [0.25, 0.3) is 0 Å². The number of hydrogen-bond acceptors (Lipinski definition) is 1. The summed E-state index contributed by atoms with van der Waals surface area (Å²) in [6.07, 6.45) is 1.31. The summed E-state index contributed by atoms with van der Waals surface area (Å²) in [5.41, 5.74) is 0.476. The van der Waals surface area contributed by atoms with Gasteiger partial charge in [-0.25, -0.2) is 13.2 Å². The number of aryl methyl sites for hydroxylation is 1. The lowest BCUT2D eigenvalue weighted by Gasteiger charge is -2.18. The summed E-state index contributed by atoms with van der Waals surface area (Å²) in [6.45, 7) is 2.11. The van der Waals surface area contributed by atoms with E-state index in [1.54, 1.807) is 12.1 Å². The van der Waals surface area contributed by atoms with Crippen LogP contribution in [-0.2, 0) is 12.5 Å². The highest BCUT2D eigenvalue weighted by molar-refractivity contribution is 5.29. The van der Waals surface area contributed by atoms with E-state index in [0.29, 0.717) is 12.1 Å². The number of benzene rings is 2. The van der Waals surface area contributed by atoms with E-state index in [2.05, 4.69) is 11.7 Å². The molecule has 0 radical (unpaired) electrons. The van der Waals surface area contributed by atoms with Gasteiger partial charge in [-0.1, -0.05) is 38.3 Å². The first-order chi connectivity index (χ1) is 11.8. The molecule has 1 nitrogen and oxygen atoms in total. The van der Waals surface area contributed by atoms with Crippen LogP contribution in [0.4, 0.5) is 22.0 Å². The number of hydrogen-bond donors (Lipinski definition) is 0. The van der Waals surface area contributed by atoms with E-state index in [-0.39, 0.29) is 0 Å². The lowest BCUT2D eigenvalue weighted by molar-refractivity contribution is -0.185. The molecule has 0 amide bonds. The highest BCUT2D eigenvalue weighted by Gasteiger charge is 2.35. The van der Waals surface area contributed by atoms with E-state index in [0.717, 1.165) is 37.7 Å². The highest BCUT2D eigenvalue weighted by atomic mass is 19.3. The first-order valence-electron chi connectivity index (χ1n) is 8.14. The minimum Gasteiger partial charge on any atom is -0.429 e. The van der Waals surface area contributed by atoms with Crippen LogP contribution in [0.15, 0.2) is 36.4 Å². The normalized spacial score (nSPS) is 11.6. The van der Waals surface area contributed by atoms with Crippen molar-refractivity contribution in [1.82, 2.24) is 0 Å². The summed E-state index contributed by atoms with van der Waals surface area (Å²) in [5.74, 6) is -5.70. The van der Waals surface area contributed by atoms with Crippen LogP contribution in [0.3, 0.4) is 0 Å². The molecule has 0 saturated carbocycles. The quantitative estimate of drug-likeness (QED) is 0.303. The Kier molecular flexibility index (Phi) is 6.39. The zero-order chi connectivity index (χ0) is 18.4. The lowest BCUT2D eigenvalue weighted by atomic mass is 10.0. The van der Waals surface area contributed by atoms with Gasteiger partial charge in [0, 0.05) is 12.1 Å². The molecule has 0 unspecified atom stereocenters. The van der Waals surface area contributed by atoms with Crippen LogP contribution in [0.1, 0.15) is 43.7 Å². The molecule has 0 aliphatic rings. The second kappa shape index (κ2) is 8.32. The Morgan fingerprint density at radius 2 is 1.48 bits per heavy atom. The first-order valence-corrected chi connectivity index (χ1v) is 8.14. The van der Waals surface area contributed by atoms with E-state index in [1.807, 2.05) is 0 Å². The molecule has 0 heterocycles. The third-order valence-corrected chi connectivity index (χ3v) is 3.81. The van der Waals surface area contributed by atoms with Crippen LogP contribution >= 0.6 is 0 Å². The molecule has 0 saturated heterocycles. The summed E-state index contributed by atoms with van der Waals surface area (Å²) < 4.78 is 71.7. The van der Waals surface area contributed by atoms with Crippen LogP contribution in [0.25, 0.3) is 0 Å². The molecule has 136 valence electrons. The summed E-state index contributed by atoms with van der Waals surface area (Å²) in [5, 5.41) is 0. The first kappa shape index (κ1) is 19.2. The Balaban J connectivity index is 2.06. The third-order valence-electron chi connectivity index (χ3n) is 3.81. The maximum Gasteiger partial charge on any atom is 0.426 e. The van der Waals surface area contributed by atoms with Crippen molar-refractivity contribution >= 4 is 0 Å². The minimum absolute atomic E-state index is 0.383. The molecule has 25 heavy (non-hydrogen) atoms. The van der Waals surface area contributed by atoms with E-state index in [4.69, 9.17) is 0 Å². The van der Waals surface area contributed by atoms with Gasteiger partial charge in [0.2, 0.25) is 0 Å². The topological polar surface area (TPSA) is 9.23 Å². The number of ether oxygens (including phenoxy) is 1. The average Bonchev–Trinajstić information content (AvgIpc) is 2.56. The van der Waals surface area contributed by atoms with Crippen LogP contribution in [0.2, 0.25) is 0 Å². The summed E-state index contributed by atoms with van der Waals surface area (Å²) in [7, 11) is 0. The van der Waals surface area contributed by atoms with Crippen LogP contribution in [0.5, 0.6) is 5.75 Å². The third kappa shape index (κ3) is 5.18. The molecule has 0 spiro atoms. The van der Waals surface area contributed by atoms with E-state index >= 15 is 0 Å². The molecule has 2 aromatic carbocycles. The number of rotatable bonds is 8. The van der Waals surface area contributed by atoms with Crippen molar-refractivity contribution in [2.75, 3.05) is 0 Å². The molecule has 0 aliphatic heterocycles. The van der Waals surface area contributed by atoms with Crippen molar-refractivity contribution in [2.45, 2.75) is 45.1 Å². The number of alkyl halides is 2. The summed E-state index contributed by atoms with van der Waals surface area (Å²) >= 11 is 0. The molecule has 2 aromatic rings. The predicted molar refractivity (Wildman–Crippen MR) is 85.1 cm³/mol. The van der Waals surface area contributed by atoms with E-state index < -0.39 is 34.9 Å². The van der Waals surface area contributed by atoms with Gasteiger partial charge < -0.3 is 4.74 Å². The van der Waals surface area contributed by atoms with Gasteiger partial charge in [0.1, 0.15) is 5.75 Å². The maximum absolute atomic E-state index is 14.1. The maximum atomic E-state index is 14.1.